The predicted molar refractivity (Wildman–Crippen MR) is 79.8 cm³/mol. The van der Waals surface area contributed by atoms with Crippen LogP contribution < -0.4 is 10.5 Å². The first-order valence-electron chi connectivity index (χ1n) is 6.95. The molecule has 3 rings (SSSR count). The van der Waals surface area contributed by atoms with Gasteiger partial charge < -0.3 is 10.5 Å². The molecule has 0 amide bonds. The molecular weight excluding hydrogens is 294 g/mol. The highest BCUT2D eigenvalue weighted by atomic mass is 32.1. The molecular formula is C15H16F2N2OS. The van der Waals surface area contributed by atoms with Crippen molar-refractivity contribution in [3.8, 4) is 17.0 Å². The van der Waals surface area contributed by atoms with Gasteiger partial charge in [0, 0.05) is 11.5 Å². The lowest BCUT2D eigenvalue weighted by Crippen LogP contribution is -2.01. The number of alkyl halides is 2. The fourth-order valence-corrected chi connectivity index (χ4v) is 3.72. The summed E-state index contributed by atoms with van der Waals surface area (Å²) in [5.74, 6) is 0.658. The monoisotopic (exact) mass is 310 g/mol. The molecule has 1 heterocycles. The maximum Gasteiger partial charge on any atom is 0.387 e. The zero-order valence-electron chi connectivity index (χ0n) is 11.4. The molecule has 0 radical (unpaired) electrons. The quantitative estimate of drug-likeness (QED) is 0.894. The van der Waals surface area contributed by atoms with Crippen molar-refractivity contribution < 1.29 is 13.5 Å². The second-order valence-corrected chi connectivity index (χ2v) is 6.21. The normalized spacial score (nSPS) is 15.8. The Morgan fingerprint density at radius 3 is 2.48 bits per heavy atom. The number of ether oxygens (including phenoxy) is 1. The highest BCUT2D eigenvalue weighted by Crippen LogP contribution is 2.40. The summed E-state index contributed by atoms with van der Waals surface area (Å²) in [5, 5.41) is 1.77. The van der Waals surface area contributed by atoms with Gasteiger partial charge in [0.05, 0.1) is 5.01 Å². The lowest BCUT2D eigenvalue weighted by atomic mass is 10.1. The molecule has 2 N–H and O–H groups in total. The Morgan fingerprint density at radius 1 is 1.19 bits per heavy atom. The molecule has 0 bridgehead atoms. The van der Waals surface area contributed by atoms with Crippen LogP contribution in [0.25, 0.3) is 11.3 Å². The van der Waals surface area contributed by atoms with E-state index in [0.717, 1.165) is 16.3 Å². The third-order valence-electron chi connectivity index (χ3n) is 3.73. The molecule has 1 saturated carbocycles. The van der Waals surface area contributed by atoms with Gasteiger partial charge in [-0.1, -0.05) is 12.8 Å². The van der Waals surface area contributed by atoms with E-state index in [4.69, 9.17) is 5.73 Å². The average molecular weight is 310 g/mol. The molecule has 6 heteroatoms. The summed E-state index contributed by atoms with van der Waals surface area (Å²) < 4.78 is 28.6. The zero-order chi connectivity index (χ0) is 14.8. The van der Waals surface area contributed by atoms with Gasteiger partial charge in [-0.2, -0.15) is 8.78 Å². The van der Waals surface area contributed by atoms with Crippen LogP contribution >= 0.6 is 11.3 Å². The Balaban J connectivity index is 1.82. The van der Waals surface area contributed by atoms with Crippen LogP contribution in [-0.4, -0.2) is 11.6 Å². The van der Waals surface area contributed by atoms with Crippen molar-refractivity contribution in [2.24, 2.45) is 0 Å². The van der Waals surface area contributed by atoms with Gasteiger partial charge in [-0.3, -0.25) is 0 Å². The molecule has 1 aliphatic carbocycles. The van der Waals surface area contributed by atoms with E-state index in [1.807, 2.05) is 0 Å². The molecule has 3 nitrogen and oxygen atoms in total. The van der Waals surface area contributed by atoms with Crippen LogP contribution in [0.3, 0.4) is 0 Å². The minimum atomic E-state index is -2.81. The number of nitrogens with zero attached hydrogens (tertiary/aromatic N) is 1. The van der Waals surface area contributed by atoms with Gasteiger partial charge in [0.25, 0.3) is 0 Å². The SMILES string of the molecule is Nc1sc(C2CCCC2)nc1-c1ccc(OC(F)F)cc1. The van der Waals surface area contributed by atoms with Crippen molar-refractivity contribution in [1.82, 2.24) is 4.98 Å². The predicted octanol–water partition coefficient (Wildman–Crippen LogP) is 4.65. The third kappa shape index (κ3) is 3.15. The number of aromatic nitrogens is 1. The van der Waals surface area contributed by atoms with Crippen LogP contribution in [0.2, 0.25) is 0 Å². The number of thiazole rings is 1. The first-order valence-corrected chi connectivity index (χ1v) is 7.76. The van der Waals surface area contributed by atoms with E-state index in [1.54, 1.807) is 12.1 Å². The maximum atomic E-state index is 12.1. The van der Waals surface area contributed by atoms with Crippen LogP contribution in [0.5, 0.6) is 5.75 Å². The van der Waals surface area contributed by atoms with Gasteiger partial charge in [-0.25, -0.2) is 4.98 Å². The van der Waals surface area contributed by atoms with Gasteiger partial charge in [0.2, 0.25) is 0 Å². The van der Waals surface area contributed by atoms with Crippen molar-refractivity contribution in [1.29, 1.82) is 0 Å². The number of halogens is 2. The van der Waals surface area contributed by atoms with Crippen molar-refractivity contribution in [2.75, 3.05) is 5.73 Å². The molecule has 0 spiro atoms. The summed E-state index contributed by atoms with van der Waals surface area (Å²) >= 11 is 1.54. The smallest absolute Gasteiger partial charge is 0.387 e. The van der Waals surface area contributed by atoms with Crippen LogP contribution in [-0.2, 0) is 0 Å². The second kappa shape index (κ2) is 5.97. The topological polar surface area (TPSA) is 48.1 Å². The standard InChI is InChI=1S/C15H16F2N2OS/c16-15(17)20-11-7-5-9(6-8-11)12-13(18)21-14(19-12)10-3-1-2-4-10/h5-8,10,15H,1-4,18H2. The molecule has 112 valence electrons. The van der Waals surface area contributed by atoms with Crippen molar-refractivity contribution in [3.05, 3.63) is 29.3 Å². The Kier molecular flexibility index (Phi) is 4.05. The summed E-state index contributed by atoms with van der Waals surface area (Å²) in [6.45, 7) is -2.81. The van der Waals surface area contributed by atoms with Crippen molar-refractivity contribution in [2.45, 2.75) is 38.2 Å². The van der Waals surface area contributed by atoms with E-state index < -0.39 is 6.61 Å². The number of hydrogen-bond donors (Lipinski definition) is 1. The Labute approximate surface area is 125 Å². The average Bonchev–Trinajstić information content (AvgIpc) is 3.08. The molecule has 1 fully saturated rings. The molecule has 0 aliphatic heterocycles. The minimum absolute atomic E-state index is 0.138. The van der Waals surface area contributed by atoms with E-state index in [9.17, 15) is 8.78 Å². The van der Waals surface area contributed by atoms with Crippen LogP contribution in [0, 0.1) is 0 Å². The van der Waals surface area contributed by atoms with E-state index in [2.05, 4.69) is 9.72 Å². The number of nitrogen functional groups attached to an aromatic ring is 1. The molecule has 1 aromatic carbocycles. The summed E-state index contributed by atoms with van der Waals surface area (Å²) in [6.07, 6.45) is 4.85. The first kappa shape index (κ1) is 14.3. The largest absolute Gasteiger partial charge is 0.435 e. The molecule has 0 atom stereocenters. The van der Waals surface area contributed by atoms with Gasteiger partial charge >= 0.3 is 6.61 Å². The van der Waals surface area contributed by atoms with Crippen LogP contribution in [0.15, 0.2) is 24.3 Å². The molecule has 1 aromatic heterocycles. The summed E-state index contributed by atoms with van der Waals surface area (Å²) in [4.78, 5) is 4.66. The van der Waals surface area contributed by atoms with Gasteiger partial charge in [0.1, 0.15) is 16.4 Å². The lowest BCUT2D eigenvalue weighted by Gasteiger charge is -2.05. The maximum absolute atomic E-state index is 12.1. The summed E-state index contributed by atoms with van der Waals surface area (Å²) in [5.41, 5.74) is 7.63. The Bertz CT molecular complexity index is 607. The van der Waals surface area contributed by atoms with Gasteiger partial charge in [-0.15, -0.1) is 11.3 Å². The Morgan fingerprint density at radius 2 is 1.86 bits per heavy atom. The number of anilines is 1. The molecule has 2 aromatic rings. The third-order valence-corrected chi connectivity index (χ3v) is 4.77. The number of nitrogens with two attached hydrogens (primary N) is 1. The lowest BCUT2D eigenvalue weighted by molar-refractivity contribution is -0.0498. The Hall–Kier alpha value is -1.69. The fourth-order valence-electron chi connectivity index (χ4n) is 2.70. The number of benzene rings is 1. The van der Waals surface area contributed by atoms with Gasteiger partial charge in [0.15, 0.2) is 0 Å². The van der Waals surface area contributed by atoms with Crippen molar-refractivity contribution >= 4 is 16.3 Å². The van der Waals surface area contributed by atoms with E-state index in [0.29, 0.717) is 10.9 Å². The highest BCUT2D eigenvalue weighted by molar-refractivity contribution is 7.16. The molecule has 21 heavy (non-hydrogen) atoms. The van der Waals surface area contributed by atoms with E-state index in [-0.39, 0.29) is 5.75 Å². The van der Waals surface area contributed by atoms with E-state index in [1.165, 1.54) is 49.2 Å². The second-order valence-electron chi connectivity index (χ2n) is 5.15. The molecule has 0 unspecified atom stereocenters. The number of hydrogen-bond acceptors (Lipinski definition) is 4. The first-order chi connectivity index (χ1) is 10.1. The molecule has 0 saturated heterocycles. The zero-order valence-corrected chi connectivity index (χ0v) is 12.2. The molecule has 1 aliphatic rings. The van der Waals surface area contributed by atoms with Gasteiger partial charge in [-0.05, 0) is 37.1 Å². The van der Waals surface area contributed by atoms with Crippen LogP contribution in [0.1, 0.15) is 36.6 Å². The fraction of sp³-hybridized carbons (Fsp3) is 0.400. The minimum Gasteiger partial charge on any atom is -0.435 e. The van der Waals surface area contributed by atoms with E-state index >= 15 is 0 Å². The van der Waals surface area contributed by atoms with Crippen LogP contribution in [0.4, 0.5) is 13.8 Å². The summed E-state index contributed by atoms with van der Waals surface area (Å²) in [7, 11) is 0. The number of rotatable bonds is 4. The summed E-state index contributed by atoms with van der Waals surface area (Å²) in [6, 6.07) is 6.44. The highest BCUT2D eigenvalue weighted by Gasteiger charge is 2.22. The van der Waals surface area contributed by atoms with Crippen molar-refractivity contribution in [3.63, 3.8) is 0 Å².